The highest BCUT2D eigenvalue weighted by molar-refractivity contribution is 7.13. The van der Waals surface area contributed by atoms with Crippen LogP contribution in [0.25, 0.3) is 10.1 Å². The van der Waals surface area contributed by atoms with E-state index in [9.17, 15) is 9.59 Å². The van der Waals surface area contributed by atoms with Gasteiger partial charge in [-0.25, -0.2) is 0 Å². The van der Waals surface area contributed by atoms with Crippen LogP contribution < -0.4 is 10.9 Å². The van der Waals surface area contributed by atoms with E-state index in [4.69, 9.17) is 0 Å². The molecule has 0 atom stereocenters. The maximum Gasteiger partial charge on any atom is 0.268 e. The molecule has 3 rings (SSSR count). The summed E-state index contributed by atoms with van der Waals surface area (Å²) in [7, 11) is 0. The van der Waals surface area contributed by atoms with E-state index in [-0.39, 0.29) is 18.0 Å². The van der Waals surface area contributed by atoms with Gasteiger partial charge in [0.15, 0.2) is 0 Å². The quantitative estimate of drug-likeness (QED) is 0.805. The van der Waals surface area contributed by atoms with E-state index in [1.54, 1.807) is 17.4 Å². The lowest BCUT2D eigenvalue weighted by Gasteiger charge is -2.03. The van der Waals surface area contributed by atoms with Crippen molar-refractivity contribution >= 4 is 38.9 Å². The van der Waals surface area contributed by atoms with Crippen molar-refractivity contribution in [2.45, 2.75) is 13.1 Å². The zero-order chi connectivity index (χ0) is 13.9. The van der Waals surface area contributed by atoms with Gasteiger partial charge in [-0.1, -0.05) is 29.7 Å². The van der Waals surface area contributed by atoms with Gasteiger partial charge in [0.05, 0.1) is 16.6 Å². The average molecular weight is 304 g/mol. The Morgan fingerprint density at radius 1 is 1.20 bits per heavy atom. The van der Waals surface area contributed by atoms with E-state index in [1.807, 2.05) is 35.7 Å². The van der Waals surface area contributed by atoms with Gasteiger partial charge in [0.25, 0.3) is 5.56 Å². The number of carbonyl (C=O) groups excluding carboxylic acids is 1. The van der Waals surface area contributed by atoms with Gasteiger partial charge in [0, 0.05) is 4.88 Å². The van der Waals surface area contributed by atoms with E-state index in [0.29, 0.717) is 11.9 Å². The first kappa shape index (κ1) is 13.1. The van der Waals surface area contributed by atoms with Gasteiger partial charge >= 0.3 is 0 Å². The van der Waals surface area contributed by atoms with Gasteiger partial charge in [0.2, 0.25) is 5.91 Å². The van der Waals surface area contributed by atoms with E-state index in [0.717, 1.165) is 9.58 Å². The van der Waals surface area contributed by atoms with Crippen LogP contribution in [0.4, 0.5) is 0 Å². The van der Waals surface area contributed by atoms with E-state index >= 15 is 0 Å². The second-order valence-electron chi connectivity index (χ2n) is 4.29. The molecule has 1 N–H and O–H groups in total. The minimum Gasteiger partial charge on any atom is -0.350 e. The normalized spacial score (nSPS) is 10.8. The summed E-state index contributed by atoms with van der Waals surface area (Å²) in [6.45, 7) is 0.583. The fourth-order valence-corrected chi connectivity index (χ4v) is 3.54. The highest BCUT2D eigenvalue weighted by Gasteiger charge is 2.10. The third-order valence-corrected chi connectivity index (χ3v) is 4.82. The van der Waals surface area contributed by atoms with Crippen molar-refractivity contribution in [2.24, 2.45) is 0 Å². The molecule has 1 amide bonds. The van der Waals surface area contributed by atoms with Gasteiger partial charge in [-0.05, 0) is 23.6 Å². The molecule has 2 heterocycles. The SMILES string of the molecule is O=C(Cn1sc2ccccc2c1=O)NCc1cccs1. The zero-order valence-electron chi connectivity index (χ0n) is 10.5. The molecule has 20 heavy (non-hydrogen) atoms. The van der Waals surface area contributed by atoms with Crippen LogP contribution in [-0.4, -0.2) is 9.86 Å². The lowest BCUT2D eigenvalue weighted by Crippen LogP contribution is -2.29. The van der Waals surface area contributed by atoms with Crippen LogP contribution in [0.2, 0.25) is 0 Å². The first-order valence-electron chi connectivity index (χ1n) is 6.12. The number of hydrogen-bond donors (Lipinski definition) is 1. The fraction of sp³-hybridized carbons (Fsp3) is 0.143. The van der Waals surface area contributed by atoms with Crippen LogP contribution in [0, 0.1) is 0 Å². The predicted octanol–water partition coefficient (Wildman–Crippen LogP) is 2.44. The smallest absolute Gasteiger partial charge is 0.268 e. The molecule has 0 aliphatic heterocycles. The minimum absolute atomic E-state index is 0.0730. The molecule has 0 fully saturated rings. The van der Waals surface area contributed by atoms with Crippen molar-refractivity contribution < 1.29 is 4.79 Å². The van der Waals surface area contributed by atoms with Crippen molar-refractivity contribution in [3.63, 3.8) is 0 Å². The van der Waals surface area contributed by atoms with Gasteiger partial charge in [-0.2, -0.15) is 0 Å². The summed E-state index contributed by atoms with van der Waals surface area (Å²) in [5.41, 5.74) is -0.100. The maximum atomic E-state index is 12.1. The monoisotopic (exact) mass is 304 g/mol. The molecule has 2 aromatic heterocycles. The fourth-order valence-electron chi connectivity index (χ4n) is 1.91. The molecule has 6 heteroatoms. The summed E-state index contributed by atoms with van der Waals surface area (Å²) in [4.78, 5) is 25.1. The van der Waals surface area contributed by atoms with Crippen molar-refractivity contribution in [2.75, 3.05) is 0 Å². The molecule has 0 unspecified atom stereocenters. The second-order valence-corrected chi connectivity index (χ2v) is 6.38. The number of nitrogens with one attached hydrogen (secondary N) is 1. The number of thiophene rings is 1. The van der Waals surface area contributed by atoms with Crippen LogP contribution in [-0.2, 0) is 17.9 Å². The van der Waals surface area contributed by atoms with Crippen molar-refractivity contribution in [1.29, 1.82) is 0 Å². The number of nitrogens with zero attached hydrogens (tertiary/aromatic N) is 1. The summed E-state index contributed by atoms with van der Waals surface area (Å²) in [5.74, 6) is -0.146. The average Bonchev–Trinajstić information content (AvgIpc) is 3.07. The highest BCUT2D eigenvalue weighted by Crippen LogP contribution is 2.15. The van der Waals surface area contributed by atoms with Crippen LogP contribution in [0.15, 0.2) is 46.6 Å². The topological polar surface area (TPSA) is 51.1 Å². The molecule has 0 radical (unpaired) electrons. The third-order valence-electron chi connectivity index (χ3n) is 2.88. The molecule has 3 aromatic rings. The van der Waals surface area contributed by atoms with Crippen molar-refractivity contribution in [3.8, 4) is 0 Å². The number of fused-ring (bicyclic) bond motifs is 1. The summed E-state index contributed by atoms with van der Waals surface area (Å²) < 4.78 is 2.40. The predicted molar refractivity (Wildman–Crippen MR) is 82.3 cm³/mol. The Morgan fingerprint density at radius 3 is 2.80 bits per heavy atom. The third kappa shape index (κ3) is 2.66. The molecule has 1 aromatic carbocycles. The Kier molecular flexibility index (Phi) is 3.66. The zero-order valence-corrected chi connectivity index (χ0v) is 12.2. The first-order valence-corrected chi connectivity index (χ1v) is 7.77. The van der Waals surface area contributed by atoms with E-state index in [1.165, 1.54) is 15.5 Å². The lowest BCUT2D eigenvalue weighted by molar-refractivity contribution is -0.121. The van der Waals surface area contributed by atoms with Crippen LogP contribution in [0.1, 0.15) is 4.88 Å². The summed E-state index contributed by atoms with van der Waals surface area (Å²) in [6.07, 6.45) is 0. The molecular weight excluding hydrogens is 292 g/mol. The molecule has 0 saturated heterocycles. The van der Waals surface area contributed by atoms with Crippen LogP contribution >= 0.6 is 22.9 Å². The first-order chi connectivity index (χ1) is 9.74. The number of amides is 1. The van der Waals surface area contributed by atoms with Gasteiger partial charge in [-0.15, -0.1) is 11.3 Å². The van der Waals surface area contributed by atoms with Crippen LogP contribution in [0.3, 0.4) is 0 Å². The summed E-state index contributed by atoms with van der Waals surface area (Å²) in [6, 6.07) is 11.3. The highest BCUT2D eigenvalue weighted by atomic mass is 32.1. The molecule has 0 saturated carbocycles. The Morgan fingerprint density at radius 2 is 2.05 bits per heavy atom. The minimum atomic E-state index is -0.146. The van der Waals surface area contributed by atoms with Crippen molar-refractivity contribution in [1.82, 2.24) is 9.27 Å². The largest absolute Gasteiger partial charge is 0.350 e. The Balaban J connectivity index is 1.71. The van der Waals surface area contributed by atoms with Gasteiger partial charge in [-0.3, -0.25) is 13.5 Å². The number of hydrogen-bond acceptors (Lipinski definition) is 4. The molecular formula is C14H12N2O2S2. The molecule has 0 aliphatic carbocycles. The number of aromatic nitrogens is 1. The van der Waals surface area contributed by atoms with Crippen LogP contribution in [0.5, 0.6) is 0 Å². The molecule has 0 spiro atoms. The van der Waals surface area contributed by atoms with Gasteiger partial charge < -0.3 is 5.32 Å². The molecule has 4 nitrogen and oxygen atoms in total. The lowest BCUT2D eigenvalue weighted by atomic mass is 10.3. The Hall–Kier alpha value is -1.92. The standard InChI is InChI=1S/C14H12N2O2S2/c17-13(15-8-10-4-3-7-19-10)9-16-14(18)11-5-1-2-6-12(11)20-16/h1-7H,8-9H2,(H,15,17). The maximum absolute atomic E-state index is 12.1. The van der Waals surface area contributed by atoms with Crippen molar-refractivity contribution in [3.05, 3.63) is 57.0 Å². The molecule has 0 bridgehead atoms. The number of carbonyl (C=O) groups is 1. The number of rotatable bonds is 4. The number of benzene rings is 1. The second kappa shape index (κ2) is 5.60. The van der Waals surface area contributed by atoms with E-state index < -0.39 is 0 Å². The van der Waals surface area contributed by atoms with Gasteiger partial charge in [0.1, 0.15) is 6.54 Å². The molecule has 0 aliphatic rings. The Bertz CT molecular complexity index is 787. The summed E-state index contributed by atoms with van der Waals surface area (Å²) in [5, 5.41) is 5.46. The Labute approximate surface area is 123 Å². The summed E-state index contributed by atoms with van der Waals surface area (Å²) >= 11 is 2.92. The van der Waals surface area contributed by atoms with E-state index in [2.05, 4.69) is 5.32 Å². The molecule has 102 valence electrons.